The largest absolute Gasteiger partial charge is 0.298 e. The van der Waals surface area contributed by atoms with E-state index in [9.17, 15) is 0 Å². The average Bonchev–Trinajstić information content (AvgIpc) is 2.43. The van der Waals surface area contributed by atoms with Crippen LogP contribution in [0.1, 0.15) is 60.3 Å². The van der Waals surface area contributed by atoms with Gasteiger partial charge in [0, 0.05) is 18.5 Å². The first-order valence-electron chi connectivity index (χ1n) is 8.44. The number of hydroxylamine groups is 2. The van der Waals surface area contributed by atoms with Gasteiger partial charge in [-0.3, -0.25) is 4.84 Å². The smallest absolute Gasteiger partial charge is 0.0752 e. The summed E-state index contributed by atoms with van der Waals surface area (Å²) in [6.45, 7) is 18.8. The second kappa shape index (κ2) is 5.89. The highest BCUT2D eigenvalue weighted by Crippen LogP contribution is 2.58. The van der Waals surface area contributed by atoms with Gasteiger partial charge in [-0.1, -0.05) is 65.3 Å². The Hall–Kier alpha value is -0.600. The van der Waals surface area contributed by atoms with Crippen molar-refractivity contribution >= 4 is 0 Å². The van der Waals surface area contributed by atoms with Crippen molar-refractivity contribution in [2.75, 3.05) is 19.7 Å². The summed E-state index contributed by atoms with van der Waals surface area (Å²) in [5.41, 5.74) is 1.79. The molecule has 2 rings (SSSR count). The van der Waals surface area contributed by atoms with Crippen LogP contribution in [0, 0.1) is 16.2 Å². The van der Waals surface area contributed by atoms with Gasteiger partial charge in [0.2, 0.25) is 0 Å². The van der Waals surface area contributed by atoms with E-state index in [-0.39, 0.29) is 16.2 Å². The fraction of sp³-hybridized carbons (Fsp3) is 0.789. The second-order valence-corrected chi connectivity index (χ2v) is 8.30. The van der Waals surface area contributed by atoms with E-state index in [1.54, 1.807) is 0 Å². The van der Waals surface area contributed by atoms with Crippen molar-refractivity contribution in [2.24, 2.45) is 16.2 Å². The van der Waals surface area contributed by atoms with Gasteiger partial charge in [0.1, 0.15) is 0 Å². The third-order valence-electron chi connectivity index (χ3n) is 6.22. The highest BCUT2D eigenvalue weighted by Gasteiger charge is 2.53. The van der Waals surface area contributed by atoms with Gasteiger partial charge in [-0.2, -0.15) is 5.06 Å². The first-order chi connectivity index (χ1) is 9.72. The lowest BCUT2D eigenvalue weighted by Gasteiger charge is -2.56. The molecule has 1 fully saturated rings. The number of nitrogens with zero attached hydrogens (tertiary/aromatic N) is 1. The van der Waals surface area contributed by atoms with Gasteiger partial charge in [0.05, 0.1) is 6.61 Å². The van der Waals surface area contributed by atoms with Crippen LogP contribution >= 0.6 is 0 Å². The second-order valence-electron chi connectivity index (χ2n) is 8.30. The van der Waals surface area contributed by atoms with Gasteiger partial charge >= 0.3 is 0 Å². The summed E-state index contributed by atoms with van der Waals surface area (Å²) >= 11 is 0. The predicted molar refractivity (Wildman–Crippen MR) is 89.9 cm³/mol. The zero-order chi connectivity index (χ0) is 15.7. The van der Waals surface area contributed by atoms with E-state index in [1.807, 2.05) is 6.08 Å². The molecule has 1 aliphatic carbocycles. The Morgan fingerprint density at radius 2 is 1.76 bits per heavy atom. The summed E-state index contributed by atoms with van der Waals surface area (Å²) in [4.78, 5) is 6.24. The maximum atomic E-state index is 6.24. The zero-order valence-corrected chi connectivity index (χ0v) is 14.7. The van der Waals surface area contributed by atoms with Crippen LogP contribution in [-0.2, 0) is 4.84 Å². The molecule has 1 heterocycles. The molecule has 0 N–H and O–H groups in total. The van der Waals surface area contributed by atoms with Crippen molar-refractivity contribution in [1.29, 1.82) is 0 Å². The Bertz CT molecular complexity index is 415. The first-order valence-corrected chi connectivity index (χ1v) is 8.44. The van der Waals surface area contributed by atoms with E-state index in [4.69, 9.17) is 4.84 Å². The number of allylic oxidation sites excluding steroid dienone is 3. The van der Waals surface area contributed by atoms with Crippen molar-refractivity contribution < 1.29 is 4.84 Å². The molecule has 0 saturated carbocycles. The SMILES string of the molecule is C=CC1=CC(C)(C)C(C)(CON2CCCCC2)C(C)(C)C1. The Labute approximate surface area is 131 Å². The quantitative estimate of drug-likeness (QED) is 0.724. The molecule has 120 valence electrons. The van der Waals surface area contributed by atoms with Crippen molar-refractivity contribution in [3.05, 3.63) is 24.3 Å². The summed E-state index contributed by atoms with van der Waals surface area (Å²) < 4.78 is 0. The van der Waals surface area contributed by atoms with Gasteiger partial charge in [0.15, 0.2) is 0 Å². The molecule has 21 heavy (non-hydrogen) atoms. The number of hydrogen-bond donors (Lipinski definition) is 0. The monoisotopic (exact) mass is 291 g/mol. The number of rotatable bonds is 4. The van der Waals surface area contributed by atoms with Crippen LogP contribution in [0.2, 0.25) is 0 Å². The van der Waals surface area contributed by atoms with Gasteiger partial charge in [0.25, 0.3) is 0 Å². The van der Waals surface area contributed by atoms with E-state index in [1.165, 1.54) is 24.8 Å². The van der Waals surface area contributed by atoms with Gasteiger partial charge < -0.3 is 0 Å². The molecule has 0 aromatic rings. The highest BCUT2D eigenvalue weighted by molar-refractivity contribution is 5.28. The van der Waals surface area contributed by atoms with Crippen molar-refractivity contribution in [1.82, 2.24) is 5.06 Å². The molecule has 1 saturated heterocycles. The van der Waals surface area contributed by atoms with E-state index < -0.39 is 0 Å². The van der Waals surface area contributed by atoms with Crippen molar-refractivity contribution in [3.63, 3.8) is 0 Å². The Balaban J connectivity index is 2.16. The third kappa shape index (κ3) is 3.12. The molecule has 0 spiro atoms. The fourth-order valence-electron chi connectivity index (χ4n) is 3.98. The highest BCUT2D eigenvalue weighted by atomic mass is 16.7. The van der Waals surface area contributed by atoms with Crippen LogP contribution < -0.4 is 0 Å². The van der Waals surface area contributed by atoms with Crippen molar-refractivity contribution in [3.8, 4) is 0 Å². The molecule has 0 amide bonds. The normalized spacial score (nSPS) is 32.5. The molecule has 0 aromatic heterocycles. The molecule has 1 unspecified atom stereocenters. The topological polar surface area (TPSA) is 12.5 Å². The van der Waals surface area contributed by atoms with E-state index in [0.717, 1.165) is 26.1 Å². The van der Waals surface area contributed by atoms with Gasteiger partial charge in [-0.05, 0) is 30.1 Å². The standard InChI is InChI=1S/C19H33NO/c1-7-16-13-17(2,3)19(6,18(4,5)14-16)15-21-20-11-9-8-10-12-20/h7,13H,1,8-12,14-15H2,2-6H3. The summed E-state index contributed by atoms with van der Waals surface area (Å²) in [5.74, 6) is 0. The minimum absolute atomic E-state index is 0.105. The summed E-state index contributed by atoms with van der Waals surface area (Å²) in [6, 6.07) is 0. The lowest BCUT2D eigenvalue weighted by molar-refractivity contribution is -0.220. The fourth-order valence-corrected chi connectivity index (χ4v) is 3.98. The molecule has 1 atom stereocenters. The number of piperidine rings is 1. The van der Waals surface area contributed by atoms with Crippen LogP contribution in [-0.4, -0.2) is 24.8 Å². The lowest BCUT2D eigenvalue weighted by atomic mass is 9.49. The maximum absolute atomic E-state index is 6.24. The van der Waals surface area contributed by atoms with Crippen LogP contribution in [0.25, 0.3) is 0 Å². The summed E-state index contributed by atoms with van der Waals surface area (Å²) in [7, 11) is 0. The first kappa shape index (κ1) is 16.8. The summed E-state index contributed by atoms with van der Waals surface area (Å²) in [5, 5.41) is 2.19. The van der Waals surface area contributed by atoms with E-state index >= 15 is 0 Å². The molecule has 2 aliphatic rings. The predicted octanol–water partition coefficient (Wildman–Crippen LogP) is 4.98. The minimum Gasteiger partial charge on any atom is -0.298 e. The molecule has 1 aliphatic heterocycles. The van der Waals surface area contributed by atoms with Crippen LogP contribution in [0.3, 0.4) is 0 Å². The minimum atomic E-state index is 0.105. The molecule has 2 heteroatoms. The van der Waals surface area contributed by atoms with Crippen LogP contribution in [0.5, 0.6) is 0 Å². The molecule has 2 nitrogen and oxygen atoms in total. The molecule has 0 aromatic carbocycles. The van der Waals surface area contributed by atoms with Crippen LogP contribution in [0.4, 0.5) is 0 Å². The van der Waals surface area contributed by atoms with E-state index in [0.29, 0.717) is 0 Å². The van der Waals surface area contributed by atoms with Crippen molar-refractivity contribution in [2.45, 2.75) is 60.3 Å². The number of hydrogen-bond acceptors (Lipinski definition) is 2. The van der Waals surface area contributed by atoms with E-state index in [2.05, 4.69) is 52.3 Å². The lowest BCUT2D eigenvalue weighted by Crippen LogP contribution is -2.53. The Morgan fingerprint density at radius 3 is 2.29 bits per heavy atom. The molecule has 0 radical (unpaired) electrons. The van der Waals surface area contributed by atoms with Gasteiger partial charge in [-0.15, -0.1) is 0 Å². The van der Waals surface area contributed by atoms with Crippen LogP contribution in [0.15, 0.2) is 24.3 Å². The Morgan fingerprint density at radius 1 is 1.14 bits per heavy atom. The molecular formula is C19H33NO. The Kier molecular flexibility index (Phi) is 4.70. The zero-order valence-electron chi connectivity index (χ0n) is 14.7. The van der Waals surface area contributed by atoms with Gasteiger partial charge in [-0.25, -0.2) is 0 Å². The third-order valence-corrected chi connectivity index (χ3v) is 6.22. The average molecular weight is 291 g/mol. The summed E-state index contributed by atoms with van der Waals surface area (Å²) in [6.07, 6.45) is 9.40. The molecule has 0 bridgehead atoms. The maximum Gasteiger partial charge on any atom is 0.0752 e. The molecular weight excluding hydrogens is 258 g/mol.